The second kappa shape index (κ2) is 11.5. The number of aromatic nitrogens is 1. The molecule has 3 aliphatic rings. The molecule has 0 spiro atoms. The van der Waals surface area contributed by atoms with E-state index in [4.69, 9.17) is 9.47 Å². The molecule has 0 saturated carbocycles. The van der Waals surface area contributed by atoms with Gasteiger partial charge in [0.25, 0.3) is 5.91 Å². The molecule has 0 bridgehead atoms. The number of likely N-dealkylation sites (N-methyl/N-ethyl adjacent to an activating group) is 1. The summed E-state index contributed by atoms with van der Waals surface area (Å²) in [5, 5.41) is 9.88. The number of hydrogen-bond donors (Lipinski definition) is 1. The van der Waals surface area contributed by atoms with Gasteiger partial charge in [-0.3, -0.25) is 9.59 Å². The Hall–Kier alpha value is -2.45. The Labute approximate surface area is 208 Å². The molecule has 3 atom stereocenters. The van der Waals surface area contributed by atoms with Crippen molar-refractivity contribution < 1.29 is 24.2 Å². The van der Waals surface area contributed by atoms with Crippen LogP contribution in [-0.4, -0.2) is 83.8 Å². The number of aliphatic hydroxyl groups excluding tert-OH is 1. The van der Waals surface area contributed by atoms with Crippen molar-refractivity contribution in [2.24, 2.45) is 11.8 Å². The molecule has 1 N–H and O–H groups in total. The van der Waals surface area contributed by atoms with E-state index in [2.05, 4.69) is 11.1 Å². The summed E-state index contributed by atoms with van der Waals surface area (Å²) < 4.78 is 11.8. The van der Waals surface area contributed by atoms with Gasteiger partial charge in [0, 0.05) is 44.8 Å². The summed E-state index contributed by atoms with van der Waals surface area (Å²) in [5.41, 5.74) is 2.59. The van der Waals surface area contributed by atoms with Gasteiger partial charge in [0.2, 0.25) is 11.8 Å². The van der Waals surface area contributed by atoms with Crippen LogP contribution in [0.5, 0.6) is 5.88 Å². The van der Waals surface area contributed by atoms with Crippen LogP contribution in [-0.2, 0) is 9.53 Å². The summed E-state index contributed by atoms with van der Waals surface area (Å²) in [6.07, 6.45) is 9.51. The van der Waals surface area contributed by atoms with E-state index >= 15 is 0 Å². The monoisotopic (exact) mass is 485 g/mol. The summed E-state index contributed by atoms with van der Waals surface area (Å²) in [6, 6.07) is 1.55. The van der Waals surface area contributed by atoms with E-state index in [-0.39, 0.29) is 42.4 Å². The minimum Gasteiger partial charge on any atom is -0.472 e. The number of rotatable bonds is 6. The Morgan fingerprint density at radius 2 is 2.09 bits per heavy atom. The van der Waals surface area contributed by atoms with Crippen LogP contribution in [0.3, 0.4) is 0 Å². The van der Waals surface area contributed by atoms with Crippen molar-refractivity contribution in [3.63, 3.8) is 0 Å². The number of fused-ring (bicyclic) bond motifs is 1. The molecule has 0 aromatic carbocycles. The number of ether oxygens (including phenoxy) is 2. The maximum atomic E-state index is 13.6. The number of allylic oxidation sites excluding steroid dienone is 2. The van der Waals surface area contributed by atoms with E-state index in [0.29, 0.717) is 37.7 Å². The van der Waals surface area contributed by atoms with E-state index in [1.807, 2.05) is 27.0 Å². The maximum absolute atomic E-state index is 13.6. The first kappa shape index (κ1) is 25.6. The Bertz CT molecular complexity index is 943. The number of carbonyl (C=O) groups is 2. The standard InChI is InChI=1S/C27H39N3O5/c1-18-15-30(19(2)17-31)27(33)23-13-22(20-7-5-4-6-8-20)14-28-25(23)35-24(18)16-29(3)26(32)21-9-11-34-12-10-21/h7,13-14,18-19,21,24,31H,4-6,8-12,15-17H2,1-3H3/t18-,19-,24-/m1/s1. The molecule has 8 nitrogen and oxygen atoms in total. The van der Waals surface area contributed by atoms with Gasteiger partial charge in [-0.15, -0.1) is 0 Å². The number of pyridine rings is 1. The van der Waals surface area contributed by atoms with Gasteiger partial charge in [-0.25, -0.2) is 4.98 Å². The van der Waals surface area contributed by atoms with Gasteiger partial charge >= 0.3 is 0 Å². The molecule has 1 aromatic rings. The summed E-state index contributed by atoms with van der Waals surface area (Å²) in [7, 11) is 1.82. The predicted octanol–water partition coefficient (Wildman–Crippen LogP) is 3.14. The minimum atomic E-state index is -0.337. The van der Waals surface area contributed by atoms with E-state index < -0.39 is 0 Å². The first-order valence-electron chi connectivity index (χ1n) is 13.0. The smallest absolute Gasteiger partial charge is 0.259 e. The predicted molar refractivity (Wildman–Crippen MR) is 133 cm³/mol. The SMILES string of the molecule is C[C@@H]1CN([C@H](C)CO)C(=O)c2cc(C3=CCCCC3)cnc2O[C@@H]1CN(C)C(=O)C1CCOCC1. The molecular weight excluding hydrogens is 446 g/mol. The molecule has 192 valence electrons. The molecule has 2 aliphatic heterocycles. The van der Waals surface area contributed by atoms with E-state index in [0.717, 1.165) is 37.7 Å². The van der Waals surface area contributed by atoms with E-state index in [1.54, 1.807) is 16.0 Å². The summed E-state index contributed by atoms with van der Waals surface area (Å²) in [5.74, 6) is 0.143. The number of nitrogens with zero attached hydrogens (tertiary/aromatic N) is 3. The third kappa shape index (κ3) is 5.86. The zero-order valence-corrected chi connectivity index (χ0v) is 21.2. The Morgan fingerprint density at radius 3 is 2.77 bits per heavy atom. The van der Waals surface area contributed by atoms with E-state index in [1.165, 1.54) is 12.0 Å². The quantitative estimate of drug-likeness (QED) is 0.666. The van der Waals surface area contributed by atoms with Gasteiger partial charge in [-0.2, -0.15) is 0 Å². The molecule has 3 heterocycles. The van der Waals surface area contributed by atoms with Crippen LogP contribution in [0.4, 0.5) is 0 Å². The molecule has 35 heavy (non-hydrogen) atoms. The van der Waals surface area contributed by atoms with Gasteiger partial charge in [0.15, 0.2) is 0 Å². The first-order valence-corrected chi connectivity index (χ1v) is 13.0. The van der Waals surface area contributed by atoms with Crippen molar-refractivity contribution in [2.75, 3.05) is 40.0 Å². The fourth-order valence-electron chi connectivity index (χ4n) is 5.21. The number of amides is 2. The molecular formula is C27H39N3O5. The fourth-order valence-corrected chi connectivity index (χ4v) is 5.21. The molecule has 8 heteroatoms. The van der Waals surface area contributed by atoms with E-state index in [9.17, 15) is 14.7 Å². The number of aliphatic hydroxyl groups is 1. The van der Waals surface area contributed by atoms with Crippen molar-refractivity contribution in [1.29, 1.82) is 0 Å². The maximum Gasteiger partial charge on any atom is 0.259 e. The highest BCUT2D eigenvalue weighted by atomic mass is 16.5. The molecule has 1 saturated heterocycles. The fraction of sp³-hybridized carbons (Fsp3) is 0.667. The number of carbonyl (C=O) groups excluding carboxylic acids is 2. The highest BCUT2D eigenvalue weighted by molar-refractivity contribution is 5.97. The summed E-state index contributed by atoms with van der Waals surface area (Å²) >= 11 is 0. The topological polar surface area (TPSA) is 92.2 Å². The van der Waals surface area contributed by atoms with Crippen molar-refractivity contribution in [1.82, 2.24) is 14.8 Å². The van der Waals surface area contributed by atoms with Gasteiger partial charge in [-0.1, -0.05) is 13.0 Å². The largest absolute Gasteiger partial charge is 0.472 e. The van der Waals surface area contributed by atoms with Crippen LogP contribution >= 0.6 is 0 Å². The van der Waals surface area contributed by atoms with Gasteiger partial charge in [0.1, 0.15) is 11.7 Å². The zero-order chi connectivity index (χ0) is 24.9. The molecule has 1 aromatic heterocycles. The van der Waals surface area contributed by atoms with Crippen LogP contribution in [0.2, 0.25) is 0 Å². The molecule has 0 radical (unpaired) electrons. The van der Waals surface area contributed by atoms with Crippen molar-refractivity contribution >= 4 is 17.4 Å². The molecule has 1 fully saturated rings. The van der Waals surface area contributed by atoms with Crippen LogP contribution < -0.4 is 4.74 Å². The average molecular weight is 486 g/mol. The summed E-state index contributed by atoms with van der Waals surface area (Å²) in [6.45, 7) is 5.81. The molecule has 4 rings (SSSR count). The zero-order valence-electron chi connectivity index (χ0n) is 21.2. The Kier molecular flexibility index (Phi) is 8.44. The minimum absolute atomic E-state index is 0.0261. The third-order valence-corrected chi connectivity index (χ3v) is 7.58. The van der Waals surface area contributed by atoms with Gasteiger partial charge in [0.05, 0.1) is 19.2 Å². The van der Waals surface area contributed by atoms with Gasteiger partial charge in [-0.05, 0) is 62.7 Å². The lowest BCUT2D eigenvalue weighted by molar-refractivity contribution is -0.138. The third-order valence-electron chi connectivity index (χ3n) is 7.58. The molecule has 2 amide bonds. The lowest BCUT2D eigenvalue weighted by Crippen LogP contribution is -2.51. The summed E-state index contributed by atoms with van der Waals surface area (Å²) in [4.78, 5) is 34.8. The first-order chi connectivity index (χ1) is 16.9. The van der Waals surface area contributed by atoms with Crippen molar-refractivity contribution in [3.8, 4) is 5.88 Å². The lowest BCUT2D eigenvalue weighted by Gasteiger charge is -2.38. The van der Waals surface area contributed by atoms with Gasteiger partial charge < -0.3 is 24.4 Å². The van der Waals surface area contributed by atoms with Crippen LogP contribution in [0.25, 0.3) is 5.57 Å². The van der Waals surface area contributed by atoms with Crippen LogP contribution in [0, 0.1) is 11.8 Å². The number of hydrogen-bond acceptors (Lipinski definition) is 6. The lowest BCUT2D eigenvalue weighted by atomic mass is 9.93. The van der Waals surface area contributed by atoms with Crippen LogP contribution in [0.15, 0.2) is 18.3 Å². The molecule has 1 aliphatic carbocycles. The highest BCUT2D eigenvalue weighted by Crippen LogP contribution is 2.32. The Balaban J connectivity index is 1.62. The molecule has 0 unspecified atom stereocenters. The average Bonchev–Trinajstić information content (AvgIpc) is 2.90. The van der Waals surface area contributed by atoms with Crippen LogP contribution in [0.1, 0.15) is 68.3 Å². The van der Waals surface area contributed by atoms with Crippen molar-refractivity contribution in [3.05, 3.63) is 29.5 Å². The highest BCUT2D eigenvalue weighted by Gasteiger charge is 2.35. The Morgan fingerprint density at radius 1 is 1.31 bits per heavy atom. The normalized spacial score (nSPS) is 24.5. The second-order valence-electron chi connectivity index (χ2n) is 10.3. The van der Waals surface area contributed by atoms with Crippen molar-refractivity contribution in [2.45, 2.75) is 64.5 Å². The second-order valence-corrected chi connectivity index (χ2v) is 10.3.